The lowest BCUT2D eigenvalue weighted by Crippen LogP contribution is -2.41. The summed E-state index contributed by atoms with van der Waals surface area (Å²) in [6.45, 7) is 2.97. The van der Waals surface area contributed by atoms with Gasteiger partial charge < -0.3 is 15.2 Å². The Balaban J connectivity index is 2.59. The van der Waals surface area contributed by atoms with Crippen LogP contribution in [0.3, 0.4) is 0 Å². The van der Waals surface area contributed by atoms with Crippen LogP contribution in [0.4, 0.5) is 9.18 Å². The minimum atomic E-state index is -1.39. The van der Waals surface area contributed by atoms with Crippen LogP contribution in [0.2, 0.25) is 0 Å². The van der Waals surface area contributed by atoms with Gasteiger partial charge in [0.15, 0.2) is 6.61 Å². The Hall–Kier alpha value is -2.90. The molecule has 0 bridgehead atoms. The van der Waals surface area contributed by atoms with Crippen LogP contribution in [-0.4, -0.2) is 36.2 Å². The zero-order valence-electron chi connectivity index (χ0n) is 10.9. The fraction of sp³-hybridized carbons (Fsp3) is 0.154. The average molecular weight is 296 g/mol. The van der Waals surface area contributed by atoms with Gasteiger partial charge in [0.2, 0.25) is 0 Å². The molecule has 21 heavy (non-hydrogen) atoms. The largest absolute Gasteiger partial charge is 0.483 e. The second-order valence-corrected chi connectivity index (χ2v) is 3.78. The van der Waals surface area contributed by atoms with Crippen molar-refractivity contribution in [3.8, 4) is 5.75 Å². The Morgan fingerprint density at radius 3 is 2.71 bits per heavy atom. The van der Waals surface area contributed by atoms with Crippen LogP contribution in [0.5, 0.6) is 5.75 Å². The van der Waals surface area contributed by atoms with E-state index in [0.29, 0.717) is 0 Å². The molecule has 112 valence electrons. The number of urea groups is 1. The molecule has 0 aliphatic rings. The number of carbonyl (C=O) groups is 3. The number of hydrogen-bond donors (Lipinski definition) is 3. The average Bonchev–Trinajstić information content (AvgIpc) is 2.43. The minimum Gasteiger partial charge on any atom is -0.483 e. The molecule has 0 heterocycles. The summed E-state index contributed by atoms with van der Waals surface area (Å²) in [7, 11) is 0. The van der Waals surface area contributed by atoms with Gasteiger partial charge in [-0.1, -0.05) is 6.08 Å². The van der Waals surface area contributed by atoms with Crippen LogP contribution < -0.4 is 15.4 Å². The van der Waals surface area contributed by atoms with E-state index in [4.69, 9.17) is 9.84 Å². The van der Waals surface area contributed by atoms with Gasteiger partial charge in [0.05, 0.1) is 0 Å². The first kappa shape index (κ1) is 16.2. The van der Waals surface area contributed by atoms with Gasteiger partial charge in [-0.3, -0.25) is 10.1 Å². The number of rotatable bonds is 6. The molecule has 3 amide bonds. The summed E-state index contributed by atoms with van der Waals surface area (Å²) in [5.41, 5.74) is -0.418. The summed E-state index contributed by atoms with van der Waals surface area (Å²) in [5.74, 6) is -3.09. The molecule has 3 N–H and O–H groups in total. The highest BCUT2D eigenvalue weighted by Crippen LogP contribution is 2.19. The van der Waals surface area contributed by atoms with Crippen LogP contribution in [-0.2, 0) is 4.79 Å². The summed E-state index contributed by atoms with van der Waals surface area (Å²) in [6.07, 6.45) is 1.43. The number of amides is 3. The molecule has 0 radical (unpaired) electrons. The van der Waals surface area contributed by atoms with Crippen molar-refractivity contribution in [3.63, 3.8) is 0 Å². The van der Waals surface area contributed by atoms with Gasteiger partial charge in [-0.2, -0.15) is 0 Å². The molecule has 1 aromatic rings. The van der Waals surface area contributed by atoms with Crippen LogP contribution in [0, 0.1) is 5.82 Å². The number of benzene rings is 1. The van der Waals surface area contributed by atoms with E-state index in [9.17, 15) is 18.8 Å². The molecular weight excluding hydrogens is 283 g/mol. The van der Waals surface area contributed by atoms with E-state index in [1.54, 1.807) is 0 Å². The molecule has 0 aliphatic heterocycles. The fourth-order valence-electron chi connectivity index (χ4n) is 1.31. The maximum absolute atomic E-state index is 12.9. The summed E-state index contributed by atoms with van der Waals surface area (Å²) in [5, 5.41) is 13.1. The number of aromatic carboxylic acids is 1. The SMILES string of the molecule is C=CCNC(=O)NC(=O)COc1ccc(F)cc1C(=O)O. The van der Waals surface area contributed by atoms with E-state index in [0.717, 1.165) is 18.2 Å². The fourth-order valence-corrected chi connectivity index (χ4v) is 1.31. The molecule has 0 saturated heterocycles. The monoisotopic (exact) mass is 296 g/mol. The van der Waals surface area contributed by atoms with Crippen molar-refractivity contribution >= 4 is 17.9 Å². The molecule has 0 aromatic heterocycles. The minimum absolute atomic E-state index is 0.175. The van der Waals surface area contributed by atoms with Crippen molar-refractivity contribution in [2.45, 2.75) is 0 Å². The molecule has 0 unspecified atom stereocenters. The van der Waals surface area contributed by atoms with E-state index >= 15 is 0 Å². The maximum Gasteiger partial charge on any atom is 0.339 e. The van der Waals surface area contributed by atoms with Gasteiger partial charge in [-0.05, 0) is 18.2 Å². The van der Waals surface area contributed by atoms with Gasteiger partial charge in [-0.15, -0.1) is 6.58 Å². The van der Waals surface area contributed by atoms with E-state index < -0.39 is 35.9 Å². The predicted molar refractivity (Wildman–Crippen MR) is 70.6 cm³/mol. The van der Waals surface area contributed by atoms with E-state index in [1.165, 1.54) is 6.08 Å². The highest BCUT2D eigenvalue weighted by atomic mass is 19.1. The summed E-state index contributed by atoms with van der Waals surface area (Å²) >= 11 is 0. The lowest BCUT2D eigenvalue weighted by Gasteiger charge is -2.09. The van der Waals surface area contributed by atoms with Crippen molar-refractivity contribution in [1.82, 2.24) is 10.6 Å². The molecule has 0 spiro atoms. The van der Waals surface area contributed by atoms with Crippen molar-refractivity contribution in [2.75, 3.05) is 13.2 Å². The summed E-state index contributed by atoms with van der Waals surface area (Å²) in [6, 6.07) is 2.12. The highest BCUT2D eigenvalue weighted by molar-refractivity contribution is 5.95. The molecule has 0 atom stereocenters. The first-order chi connectivity index (χ1) is 9.93. The number of ether oxygens (including phenoxy) is 1. The Labute approximate surface area is 119 Å². The molecule has 0 aliphatic carbocycles. The molecule has 0 saturated carbocycles. The zero-order chi connectivity index (χ0) is 15.8. The summed E-state index contributed by atoms with van der Waals surface area (Å²) in [4.78, 5) is 33.4. The molecule has 7 nitrogen and oxygen atoms in total. The summed E-state index contributed by atoms with van der Waals surface area (Å²) < 4.78 is 17.9. The number of imide groups is 1. The number of carboxylic acid groups (broad SMARTS) is 1. The third kappa shape index (κ3) is 5.31. The number of nitrogens with one attached hydrogen (secondary N) is 2. The second kappa shape index (κ2) is 7.63. The number of halogens is 1. The first-order valence-electron chi connectivity index (χ1n) is 5.78. The Bertz CT molecular complexity index is 574. The van der Waals surface area contributed by atoms with Crippen LogP contribution in [0.25, 0.3) is 0 Å². The highest BCUT2D eigenvalue weighted by Gasteiger charge is 2.14. The van der Waals surface area contributed by atoms with Crippen molar-refractivity contribution < 1.29 is 28.6 Å². The van der Waals surface area contributed by atoms with Crippen LogP contribution >= 0.6 is 0 Å². The Kier molecular flexibility index (Phi) is 5.87. The van der Waals surface area contributed by atoms with Gasteiger partial charge in [0.1, 0.15) is 17.1 Å². The molecular formula is C13H13FN2O5. The topological polar surface area (TPSA) is 105 Å². The van der Waals surface area contributed by atoms with Gasteiger partial charge in [-0.25, -0.2) is 14.0 Å². The van der Waals surface area contributed by atoms with Gasteiger partial charge >= 0.3 is 12.0 Å². The quantitative estimate of drug-likeness (QED) is 0.677. The number of hydrogen-bond acceptors (Lipinski definition) is 4. The van der Waals surface area contributed by atoms with Crippen molar-refractivity contribution in [3.05, 3.63) is 42.2 Å². The maximum atomic E-state index is 12.9. The lowest BCUT2D eigenvalue weighted by molar-refractivity contribution is -0.122. The number of carbonyl (C=O) groups excluding carboxylic acids is 2. The van der Waals surface area contributed by atoms with E-state index in [1.807, 2.05) is 5.32 Å². The molecule has 1 aromatic carbocycles. The lowest BCUT2D eigenvalue weighted by atomic mass is 10.2. The standard InChI is InChI=1S/C13H13FN2O5/c1-2-5-15-13(20)16-11(17)7-21-10-4-3-8(14)6-9(10)12(18)19/h2-4,6H,1,5,7H2,(H,18,19)(H2,15,16,17,20). The molecule has 8 heteroatoms. The van der Waals surface area contributed by atoms with Crippen molar-refractivity contribution in [2.24, 2.45) is 0 Å². The predicted octanol–water partition coefficient (Wildman–Crippen LogP) is 0.914. The van der Waals surface area contributed by atoms with Crippen LogP contribution in [0.15, 0.2) is 30.9 Å². The normalized spacial score (nSPS) is 9.57. The third-order valence-corrected chi connectivity index (χ3v) is 2.19. The molecule has 0 fully saturated rings. The third-order valence-electron chi connectivity index (χ3n) is 2.19. The smallest absolute Gasteiger partial charge is 0.339 e. The second-order valence-electron chi connectivity index (χ2n) is 3.78. The molecule has 1 rings (SSSR count). The Morgan fingerprint density at radius 1 is 1.38 bits per heavy atom. The van der Waals surface area contributed by atoms with E-state index in [-0.39, 0.29) is 12.3 Å². The van der Waals surface area contributed by atoms with Gasteiger partial charge in [0, 0.05) is 6.54 Å². The first-order valence-corrected chi connectivity index (χ1v) is 5.78. The van der Waals surface area contributed by atoms with Crippen molar-refractivity contribution in [1.29, 1.82) is 0 Å². The Morgan fingerprint density at radius 2 is 2.10 bits per heavy atom. The zero-order valence-corrected chi connectivity index (χ0v) is 10.9. The number of carboxylic acids is 1. The van der Waals surface area contributed by atoms with E-state index in [2.05, 4.69) is 11.9 Å². The van der Waals surface area contributed by atoms with Crippen LogP contribution in [0.1, 0.15) is 10.4 Å². The van der Waals surface area contributed by atoms with Gasteiger partial charge in [0.25, 0.3) is 5.91 Å².